The number of anilines is 1. The van der Waals surface area contributed by atoms with Gasteiger partial charge in [-0.05, 0) is 0 Å². The normalized spacial score (nSPS) is 9.93. The van der Waals surface area contributed by atoms with Crippen molar-refractivity contribution in [3.63, 3.8) is 0 Å². The average molecular weight is 199 g/mol. The highest BCUT2D eigenvalue weighted by Gasteiger charge is 2.18. The number of methoxy groups -OCH3 is 1. The molecule has 0 saturated carbocycles. The van der Waals surface area contributed by atoms with Crippen LogP contribution in [0.1, 0.15) is 17.6 Å². The van der Waals surface area contributed by atoms with E-state index in [1.54, 1.807) is 6.07 Å². The van der Waals surface area contributed by atoms with Crippen molar-refractivity contribution in [2.75, 3.05) is 12.8 Å². The summed E-state index contributed by atoms with van der Waals surface area (Å²) in [6.45, 7) is 0. The number of nitrogen functional groups attached to an aromatic ring is 1. The van der Waals surface area contributed by atoms with Crippen LogP contribution in [0, 0.1) is 11.3 Å². The third kappa shape index (κ3) is 1.57. The Kier molecular flexibility index (Phi) is 2.82. The fourth-order valence-corrected chi connectivity index (χ4v) is 0.959. The zero-order valence-electron chi connectivity index (χ0n) is 7.29. The minimum Gasteiger partial charge on any atom is -0.480 e. The summed E-state index contributed by atoms with van der Waals surface area (Å²) < 4.78 is 29.3. The van der Waals surface area contributed by atoms with Gasteiger partial charge in [0.05, 0.1) is 18.4 Å². The van der Waals surface area contributed by atoms with E-state index < -0.39 is 12.0 Å². The summed E-state index contributed by atoms with van der Waals surface area (Å²) in [5, 5.41) is 8.64. The molecule has 4 nitrogen and oxygen atoms in total. The van der Waals surface area contributed by atoms with Gasteiger partial charge in [0.15, 0.2) is 0 Å². The van der Waals surface area contributed by atoms with Crippen molar-refractivity contribution in [1.29, 1.82) is 5.26 Å². The third-order valence-electron chi connectivity index (χ3n) is 1.66. The number of aromatic nitrogens is 1. The molecule has 0 saturated heterocycles. The standard InChI is InChI=1S/C8H7F2N3O/c1-14-8-4(2-11)6(12)5(3-13-8)7(9)10/h3,7H,1H3,(H2,12,13). The van der Waals surface area contributed by atoms with Crippen molar-refractivity contribution >= 4 is 5.69 Å². The topological polar surface area (TPSA) is 71.9 Å². The molecule has 14 heavy (non-hydrogen) atoms. The Labute approximate surface area is 78.9 Å². The molecule has 1 aromatic heterocycles. The molecule has 0 aromatic carbocycles. The first-order valence-electron chi connectivity index (χ1n) is 3.62. The number of pyridine rings is 1. The van der Waals surface area contributed by atoms with E-state index >= 15 is 0 Å². The van der Waals surface area contributed by atoms with Crippen LogP contribution in [0.3, 0.4) is 0 Å². The lowest BCUT2D eigenvalue weighted by Gasteiger charge is -2.08. The van der Waals surface area contributed by atoms with E-state index in [-0.39, 0.29) is 17.1 Å². The van der Waals surface area contributed by atoms with Crippen molar-refractivity contribution in [3.8, 4) is 11.9 Å². The smallest absolute Gasteiger partial charge is 0.267 e. The predicted octanol–water partition coefficient (Wildman–Crippen LogP) is 1.48. The minimum atomic E-state index is -2.75. The molecular formula is C8H7F2N3O. The van der Waals surface area contributed by atoms with Crippen LogP contribution in [-0.2, 0) is 0 Å². The predicted molar refractivity (Wildman–Crippen MR) is 44.9 cm³/mol. The van der Waals surface area contributed by atoms with Crippen molar-refractivity contribution in [1.82, 2.24) is 4.98 Å². The summed E-state index contributed by atoms with van der Waals surface area (Å²) in [6, 6.07) is 1.66. The van der Waals surface area contributed by atoms with E-state index in [1.165, 1.54) is 7.11 Å². The van der Waals surface area contributed by atoms with Crippen molar-refractivity contribution < 1.29 is 13.5 Å². The summed E-state index contributed by atoms with van der Waals surface area (Å²) in [7, 11) is 1.28. The van der Waals surface area contributed by atoms with Crippen LogP contribution in [-0.4, -0.2) is 12.1 Å². The third-order valence-corrected chi connectivity index (χ3v) is 1.66. The van der Waals surface area contributed by atoms with Crippen molar-refractivity contribution in [2.24, 2.45) is 0 Å². The van der Waals surface area contributed by atoms with Crippen LogP contribution >= 0.6 is 0 Å². The van der Waals surface area contributed by atoms with Crippen LogP contribution in [0.2, 0.25) is 0 Å². The second kappa shape index (κ2) is 3.87. The maximum absolute atomic E-state index is 12.3. The molecule has 0 atom stereocenters. The van der Waals surface area contributed by atoms with E-state index in [9.17, 15) is 8.78 Å². The molecule has 0 unspecified atom stereocenters. The lowest BCUT2D eigenvalue weighted by atomic mass is 10.1. The first-order chi connectivity index (χ1) is 6.61. The number of halogens is 2. The zero-order valence-corrected chi connectivity index (χ0v) is 7.29. The first-order valence-corrected chi connectivity index (χ1v) is 3.62. The molecule has 1 rings (SSSR count). The molecule has 0 bridgehead atoms. The summed E-state index contributed by atoms with van der Waals surface area (Å²) in [4.78, 5) is 3.55. The largest absolute Gasteiger partial charge is 0.480 e. The fourth-order valence-electron chi connectivity index (χ4n) is 0.959. The average Bonchev–Trinajstić information content (AvgIpc) is 2.16. The number of nitrogens with zero attached hydrogens (tertiary/aromatic N) is 2. The molecule has 2 N–H and O–H groups in total. The van der Waals surface area contributed by atoms with E-state index in [2.05, 4.69) is 4.98 Å². The number of ether oxygens (including phenoxy) is 1. The molecule has 0 aliphatic carbocycles. The van der Waals surface area contributed by atoms with Gasteiger partial charge in [0.25, 0.3) is 6.43 Å². The lowest BCUT2D eigenvalue weighted by molar-refractivity contribution is 0.151. The van der Waals surface area contributed by atoms with Gasteiger partial charge in [-0.1, -0.05) is 0 Å². The number of alkyl halides is 2. The Morgan fingerprint density at radius 3 is 2.71 bits per heavy atom. The molecule has 0 aliphatic rings. The maximum Gasteiger partial charge on any atom is 0.267 e. The molecular weight excluding hydrogens is 192 g/mol. The fraction of sp³-hybridized carbons (Fsp3) is 0.250. The number of nitriles is 1. The summed E-state index contributed by atoms with van der Waals surface area (Å²) in [6.07, 6.45) is -1.85. The van der Waals surface area contributed by atoms with Gasteiger partial charge in [-0.15, -0.1) is 0 Å². The maximum atomic E-state index is 12.3. The molecule has 1 heterocycles. The van der Waals surface area contributed by atoms with E-state index in [0.29, 0.717) is 0 Å². The van der Waals surface area contributed by atoms with Gasteiger partial charge in [0.1, 0.15) is 11.6 Å². The van der Waals surface area contributed by atoms with E-state index in [4.69, 9.17) is 15.7 Å². The van der Waals surface area contributed by atoms with Gasteiger partial charge in [0, 0.05) is 6.20 Å². The van der Waals surface area contributed by atoms with Crippen LogP contribution < -0.4 is 10.5 Å². The number of hydrogen-bond acceptors (Lipinski definition) is 4. The van der Waals surface area contributed by atoms with Gasteiger partial charge in [-0.25, -0.2) is 13.8 Å². The minimum absolute atomic E-state index is 0.0469. The Morgan fingerprint density at radius 2 is 2.29 bits per heavy atom. The molecule has 0 aliphatic heterocycles. The van der Waals surface area contributed by atoms with E-state index in [1.807, 2.05) is 0 Å². The quantitative estimate of drug-likeness (QED) is 0.782. The number of rotatable bonds is 2. The van der Waals surface area contributed by atoms with Gasteiger partial charge in [-0.3, -0.25) is 0 Å². The highest BCUT2D eigenvalue weighted by atomic mass is 19.3. The molecule has 6 heteroatoms. The van der Waals surface area contributed by atoms with Gasteiger partial charge in [-0.2, -0.15) is 5.26 Å². The van der Waals surface area contributed by atoms with Crippen LogP contribution in [0.15, 0.2) is 6.20 Å². The molecule has 0 radical (unpaired) electrons. The first kappa shape index (κ1) is 10.2. The van der Waals surface area contributed by atoms with Crippen LogP contribution in [0.25, 0.3) is 0 Å². The highest BCUT2D eigenvalue weighted by molar-refractivity contribution is 5.62. The molecule has 74 valence electrons. The van der Waals surface area contributed by atoms with Gasteiger partial charge in [0.2, 0.25) is 5.88 Å². The van der Waals surface area contributed by atoms with Gasteiger partial charge >= 0.3 is 0 Å². The van der Waals surface area contributed by atoms with Crippen molar-refractivity contribution in [3.05, 3.63) is 17.3 Å². The Bertz CT molecular complexity index is 387. The number of nitrogens with two attached hydrogens (primary N) is 1. The molecule has 0 fully saturated rings. The lowest BCUT2D eigenvalue weighted by Crippen LogP contribution is -2.02. The Hall–Kier alpha value is -1.90. The second-order valence-electron chi connectivity index (χ2n) is 2.42. The molecule has 0 amide bonds. The summed E-state index contributed by atoms with van der Waals surface area (Å²) in [5.41, 5.74) is 4.45. The summed E-state index contributed by atoms with van der Waals surface area (Å²) >= 11 is 0. The zero-order chi connectivity index (χ0) is 10.7. The SMILES string of the molecule is COc1ncc(C(F)F)c(N)c1C#N. The second-order valence-corrected chi connectivity index (χ2v) is 2.42. The monoisotopic (exact) mass is 199 g/mol. The highest BCUT2D eigenvalue weighted by Crippen LogP contribution is 2.30. The van der Waals surface area contributed by atoms with Gasteiger partial charge < -0.3 is 10.5 Å². The van der Waals surface area contributed by atoms with E-state index in [0.717, 1.165) is 6.20 Å². The Morgan fingerprint density at radius 1 is 1.64 bits per heavy atom. The molecule has 0 spiro atoms. The van der Waals surface area contributed by atoms with Crippen LogP contribution in [0.5, 0.6) is 5.88 Å². The summed E-state index contributed by atoms with van der Waals surface area (Å²) in [5.74, 6) is -0.0469. The number of hydrogen-bond donors (Lipinski definition) is 1. The van der Waals surface area contributed by atoms with Crippen LogP contribution in [0.4, 0.5) is 14.5 Å². The van der Waals surface area contributed by atoms with Crippen molar-refractivity contribution in [2.45, 2.75) is 6.43 Å². The molecule has 1 aromatic rings. The Balaban J connectivity index is 3.37.